The van der Waals surface area contributed by atoms with Crippen LogP contribution in [0, 0.1) is 5.92 Å². The van der Waals surface area contributed by atoms with E-state index in [0.717, 1.165) is 12.1 Å². The van der Waals surface area contributed by atoms with E-state index in [4.69, 9.17) is 4.74 Å². The predicted octanol–water partition coefficient (Wildman–Crippen LogP) is 4.84. The van der Waals surface area contributed by atoms with Gasteiger partial charge in [-0.25, -0.2) is 4.79 Å². The molecule has 0 spiro atoms. The number of likely N-dealkylation sites (tertiary alicyclic amines) is 1. The first kappa shape index (κ1) is 20.7. The van der Waals surface area contributed by atoms with E-state index in [2.05, 4.69) is 5.32 Å². The molecule has 2 aromatic rings. The van der Waals surface area contributed by atoms with Gasteiger partial charge in [0, 0.05) is 30.3 Å². The van der Waals surface area contributed by atoms with Crippen LogP contribution in [0.4, 0.5) is 23.7 Å². The molecule has 0 unspecified atom stereocenters. The van der Waals surface area contributed by atoms with Gasteiger partial charge in [0.15, 0.2) is 5.78 Å². The van der Waals surface area contributed by atoms with Crippen molar-refractivity contribution >= 4 is 17.5 Å². The number of nitrogens with one attached hydrogen (secondary N) is 1. The molecule has 0 aliphatic carbocycles. The minimum Gasteiger partial charge on any atom is -0.497 e. The van der Waals surface area contributed by atoms with E-state index >= 15 is 0 Å². The fraction of sp³-hybridized carbons (Fsp3) is 0.333. The molecule has 1 aliphatic rings. The lowest BCUT2D eigenvalue weighted by molar-refractivity contribution is -0.137. The topological polar surface area (TPSA) is 58.6 Å². The molecule has 0 radical (unpaired) electrons. The molecule has 0 bridgehead atoms. The lowest BCUT2D eigenvalue weighted by Crippen LogP contribution is -2.44. The molecular weight excluding hydrogens is 385 g/mol. The third-order valence-electron chi connectivity index (χ3n) is 4.90. The number of ketones is 1. The maximum Gasteiger partial charge on any atom is 0.416 e. The Bertz CT molecular complexity index is 881. The van der Waals surface area contributed by atoms with E-state index in [-0.39, 0.29) is 23.9 Å². The molecule has 1 fully saturated rings. The van der Waals surface area contributed by atoms with Crippen molar-refractivity contribution in [3.63, 3.8) is 0 Å². The molecule has 5 nitrogen and oxygen atoms in total. The van der Waals surface area contributed by atoms with Crippen molar-refractivity contribution in [3.05, 3.63) is 59.7 Å². The number of carbonyl (C=O) groups excluding carboxylic acids is 2. The third-order valence-corrected chi connectivity index (χ3v) is 4.90. The van der Waals surface area contributed by atoms with Crippen molar-refractivity contribution in [2.75, 3.05) is 25.5 Å². The molecule has 1 heterocycles. The molecular formula is C21H21F3N2O3. The second kappa shape index (κ2) is 8.55. The van der Waals surface area contributed by atoms with E-state index in [0.29, 0.717) is 30.8 Å². The second-order valence-electron chi connectivity index (χ2n) is 6.89. The Morgan fingerprint density at radius 1 is 1.14 bits per heavy atom. The van der Waals surface area contributed by atoms with Crippen molar-refractivity contribution in [3.8, 4) is 5.75 Å². The largest absolute Gasteiger partial charge is 0.497 e. The van der Waals surface area contributed by atoms with Crippen LogP contribution in [-0.4, -0.2) is 36.9 Å². The Balaban J connectivity index is 1.66. The van der Waals surface area contributed by atoms with Gasteiger partial charge in [-0.3, -0.25) is 4.79 Å². The van der Waals surface area contributed by atoms with Crippen molar-refractivity contribution in [2.24, 2.45) is 5.92 Å². The number of alkyl halides is 3. The summed E-state index contributed by atoms with van der Waals surface area (Å²) in [5, 5.41) is 2.76. The quantitative estimate of drug-likeness (QED) is 0.739. The number of halogens is 3. The normalized spacial score (nSPS) is 17.0. The Kier molecular flexibility index (Phi) is 6.10. The molecule has 154 valence electrons. The molecule has 1 saturated heterocycles. The minimum atomic E-state index is -4.51. The lowest BCUT2D eigenvalue weighted by Gasteiger charge is -2.32. The smallest absolute Gasteiger partial charge is 0.416 e. The number of amides is 2. The van der Waals surface area contributed by atoms with Crippen molar-refractivity contribution in [2.45, 2.75) is 19.0 Å². The van der Waals surface area contributed by atoms with Gasteiger partial charge in [-0.1, -0.05) is 12.1 Å². The van der Waals surface area contributed by atoms with Gasteiger partial charge in [-0.2, -0.15) is 13.2 Å². The summed E-state index contributed by atoms with van der Waals surface area (Å²) in [7, 11) is 1.54. The maximum absolute atomic E-state index is 12.9. The SMILES string of the molecule is COc1ccc(NC(=O)N2CCC[C@@H](C(=O)c3cccc(C(F)(F)F)c3)C2)cc1. The Morgan fingerprint density at radius 2 is 1.86 bits per heavy atom. The number of ether oxygens (including phenoxy) is 1. The third kappa shape index (κ3) is 5.07. The number of Topliss-reactive ketones (excluding diaryl/α,β-unsaturated/α-hetero) is 1. The first-order valence-electron chi connectivity index (χ1n) is 9.19. The van der Waals surface area contributed by atoms with Crippen LogP contribution in [0.15, 0.2) is 48.5 Å². The number of hydrogen-bond acceptors (Lipinski definition) is 3. The molecule has 8 heteroatoms. The van der Waals surface area contributed by atoms with Crippen LogP contribution in [0.3, 0.4) is 0 Å². The van der Waals surface area contributed by atoms with Crippen LogP contribution >= 0.6 is 0 Å². The van der Waals surface area contributed by atoms with Gasteiger partial charge in [-0.15, -0.1) is 0 Å². The molecule has 2 amide bonds. The molecule has 1 aliphatic heterocycles. The monoisotopic (exact) mass is 406 g/mol. The van der Waals surface area contributed by atoms with Crippen LogP contribution in [0.1, 0.15) is 28.8 Å². The summed E-state index contributed by atoms with van der Waals surface area (Å²) in [6.07, 6.45) is -3.38. The van der Waals surface area contributed by atoms with Gasteiger partial charge in [0.2, 0.25) is 0 Å². The average molecular weight is 406 g/mol. The Hall–Kier alpha value is -3.03. The van der Waals surface area contributed by atoms with E-state index in [1.165, 1.54) is 17.0 Å². The second-order valence-corrected chi connectivity index (χ2v) is 6.89. The standard InChI is InChI=1S/C21H21F3N2O3/c1-29-18-9-7-17(8-10-18)25-20(28)26-11-3-5-15(13-26)19(27)14-4-2-6-16(12-14)21(22,23)24/h2,4,6-10,12,15H,3,5,11,13H2,1H3,(H,25,28)/t15-/m1/s1. The van der Waals surface area contributed by atoms with E-state index < -0.39 is 17.7 Å². The van der Waals surface area contributed by atoms with E-state index in [1.807, 2.05) is 0 Å². The van der Waals surface area contributed by atoms with Gasteiger partial charge >= 0.3 is 12.2 Å². The summed E-state index contributed by atoms with van der Waals surface area (Å²) < 4.78 is 43.8. The lowest BCUT2D eigenvalue weighted by atomic mass is 9.89. The molecule has 1 atom stereocenters. The number of rotatable bonds is 4. The number of nitrogens with zero attached hydrogens (tertiary/aromatic N) is 1. The highest BCUT2D eigenvalue weighted by Crippen LogP contribution is 2.31. The van der Waals surface area contributed by atoms with E-state index in [1.54, 1.807) is 31.4 Å². The first-order valence-corrected chi connectivity index (χ1v) is 9.19. The summed E-state index contributed by atoms with van der Waals surface area (Å²) >= 11 is 0. The van der Waals surface area contributed by atoms with Crippen LogP contribution in [0.2, 0.25) is 0 Å². The fourth-order valence-corrected chi connectivity index (χ4v) is 3.34. The van der Waals surface area contributed by atoms with Crippen LogP contribution in [0.5, 0.6) is 5.75 Å². The average Bonchev–Trinajstić information content (AvgIpc) is 2.73. The molecule has 2 aromatic carbocycles. The van der Waals surface area contributed by atoms with Gasteiger partial charge < -0.3 is 15.0 Å². The van der Waals surface area contributed by atoms with Crippen molar-refractivity contribution in [1.29, 1.82) is 0 Å². The highest BCUT2D eigenvalue weighted by Gasteiger charge is 2.33. The number of methoxy groups -OCH3 is 1. The summed E-state index contributed by atoms with van der Waals surface area (Å²) in [5.74, 6) is -0.250. The zero-order chi connectivity index (χ0) is 21.0. The first-order chi connectivity index (χ1) is 13.8. The number of anilines is 1. The number of carbonyl (C=O) groups is 2. The summed E-state index contributed by atoms with van der Waals surface area (Å²) in [6.45, 7) is 0.644. The molecule has 29 heavy (non-hydrogen) atoms. The highest BCUT2D eigenvalue weighted by atomic mass is 19.4. The van der Waals surface area contributed by atoms with Crippen molar-refractivity contribution in [1.82, 2.24) is 4.90 Å². The highest BCUT2D eigenvalue weighted by molar-refractivity contribution is 5.99. The van der Waals surface area contributed by atoms with Crippen LogP contribution in [0.25, 0.3) is 0 Å². The summed E-state index contributed by atoms with van der Waals surface area (Å²) in [5.41, 5.74) is -0.252. The molecule has 1 N–H and O–H groups in total. The zero-order valence-corrected chi connectivity index (χ0v) is 15.8. The predicted molar refractivity (Wildman–Crippen MR) is 102 cm³/mol. The fourth-order valence-electron chi connectivity index (χ4n) is 3.34. The number of urea groups is 1. The molecule has 0 saturated carbocycles. The Morgan fingerprint density at radius 3 is 2.52 bits per heavy atom. The molecule has 3 rings (SSSR count). The van der Waals surface area contributed by atoms with Gasteiger partial charge in [0.05, 0.1) is 12.7 Å². The zero-order valence-electron chi connectivity index (χ0n) is 15.8. The minimum absolute atomic E-state index is 0.0160. The van der Waals surface area contributed by atoms with Crippen molar-refractivity contribution < 1.29 is 27.5 Å². The van der Waals surface area contributed by atoms with E-state index in [9.17, 15) is 22.8 Å². The molecule has 0 aromatic heterocycles. The maximum atomic E-state index is 12.9. The Labute approximate surface area is 166 Å². The number of benzene rings is 2. The van der Waals surface area contributed by atoms with Crippen LogP contribution < -0.4 is 10.1 Å². The number of hydrogen-bond donors (Lipinski definition) is 1. The van der Waals surface area contributed by atoms with Crippen LogP contribution in [-0.2, 0) is 6.18 Å². The number of piperidine rings is 1. The van der Waals surface area contributed by atoms with Gasteiger partial charge in [0.1, 0.15) is 5.75 Å². The summed E-state index contributed by atoms with van der Waals surface area (Å²) in [4.78, 5) is 26.8. The van der Waals surface area contributed by atoms with Gasteiger partial charge in [0.25, 0.3) is 0 Å². The summed E-state index contributed by atoms with van der Waals surface area (Å²) in [6, 6.07) is 10.9. The van der Waals surface area contributed by atoms with Gasteiger partial charge in [-0.05, 0) is 49.2 Å².